The smallest absolute Gasteiger partial charge is 0.174 e. The van der Waals surface area contributed by atoms with Gasteiger partial charge in [0.15, 0.2) is 5.11 Å². The van der Waals surface area contributed by atoms with Crippen LogP contribution in [0.1, 0.15) is 67.6 Å². The zero-order valence-corrected chi connectivity index (χ0v) is 18.2. The van der Waals surface area contributed by atoms with Crippen molar-refractivity contribution in [2.75, 3.05) is 4.90 Å². The number of thiocarbonyl (C=S) groups is 1. The van der Waals surface area contributed by atoms with Crippen molar-refractivity contribution in [3.05, 3.63) is 83.9 Å². The van der Waals surface area contributed by atoms with E-state index in [-0.39, 0.29) is 12.1 Å². The standard InChI is InChI=1S/C25H28N4S/c1-2-18-10-12-21(13-11-18)29-24(19-14-16-28(17-19)20-7-3-4-8-20)23(27-25(29)30)22-9-5-6-15-26-22/h5-6,9-17,20,23-24H,2-4,7-8H2,1H3,(H,27,30)/t23-,24+/m0/s1. The van der Waals surface area contributed by atoms with Crippen molar-refractivity contribution in [3.8, 4) is 0 Å². The number of rotatable bonds is 5. The normalized spacial score (nSPS) is 21.9. The average molecular weight is 417 g/mol. The van der Waals surface area contributed by atoms with Crippen LogP contribution in [0.4, 0.5) is 5.69 Å². The van der Waals surface area contributed by atoms with E-state index in [1.165, 1.54) is 36.8 Å². The largest absolute Gasteiger partial charge is 0.351 e. The van der Waals surface area contributed by atoms with Gasteiger partial charge in [0, 0.05) is 30.3 Å². The zero-order valence-electron chi connectivity index (χ0n) is 17.4. The molecular weight excluding hydrogens is 388 g/mol. The number of hydrogen-bond donors (Lipinski definition) is 1. The van der Waals surface area contributed by atoms with Gasteiger partial charge in [0.05, 0.1) is 17.8 Å². The number of nitrogens with zero attached hydrogens (tertiary/aromatic N) is 3. The fraction of sp³-hybridized carbons (Fsp3) is 0.360. The minimum atomic E-state index is 0.0176. The first kappa shape index (κ1) is 19.3. The Balaban J connectivity index is 1.55. The summed E-state index contributed by atoms with van der Waals surface area (Å²) in [6.07, 6.45) is 12.7. The van der Waals surface area contributed by atoms with Crippen LogP contribution in [0.5, 0.6) is 0 Å². The summed E-state index contributed by atoms with van der Waals surface area (Å²) in [6.45, 7) is 2.18. The molecule has 1 aliphatic heterocycles. The fourth-order valence-electron chi connectivity index (χ4n) is 4.90. The van der Waals surface area contributed by atoms with E-state index in [1.54, 1.807) is 0 Å². The van der Waals surface area contributed by atoms with Gasteiger partial charge in [-0.3, -0.25) is 4.98 Å². The predicted octanol–water partition coefficient (Wildman–Crippen LogP) is 5.74. The highest BCUT2D eigenvalue weighted by Crippen LogP contribution is 2.42. The summed E-state index contributed by atoms with van der Waals surface area (Å²) in [5, 5.41) is 4.32. The molecule has 2 aliphatic rings. The van der Waals surface area contributed by atoms with Crippen LogP contribution in [0, 0.1) is 0 Å². The van der Waals surface area contributed by atoms with E-state index in [1.807, 2.05) is 18.3 Å². The molecule has 0 bridgehead atoms. The molecule has 2 fully saturated rings. The Morgan fingerprint density at radius 1 is 1.07 bits per heavy atom. The van der Waals surface area contributed by atoms with Gasteiger partial charge >= 0.3 is 0 Å². The molecule has 2 atom stereocenters. The second kappa shape index (κ2) is 8.23. The highest BCUT2D eigenvalue weighted by molar-refractivity contribution is 7.80. The molecule has 3 aromatic rings. The van der Waals surface area contributed by atoms with E-state index in [9.17, 15) is 0 Å². The zero-order chi connectivity index (χ0) is 20.5. The third kappa shape index (κ3) is 3.52. The molecule has 1 N–H and O–H groups in total. The Hall–Kier alpha value is -2.66. The molecule has 1 aliphatic carbocycles. The van der Waals surface area contributed by atoms with Crippen molar-refractivity contribution >= 4 is 23.0 Å². The van der Waals surface area contributed by atoms with Gasteiger partial charge in [0.1, 0.15) is 0 Å². The molecule has 4 nitrogen and oxygen atoms in total. The van der Waals surface area contributed by atoms with Crippen molar-refractivity contribution < 1.29 is 0 Å². The van der Waals surface area contributed by atoms with E-state index >= 15 is 0 Å². The maximum atomic E-state index is 5.83. The lowest BCUT2D eigenvalue weighted by molar-refractivity contribution is 0.515. The molecule has 3 heterocycles. The molecule has 0 amide bonds. The van der Waals surface area contributed by atoms with Gasteiger partial charge in [-0.2, -0.15) is 0 Å². The minimum absolute atomic E-state index is 0.0176. The van der Waals surface area contributed by atoms with Gasteiger partial charge in [0.25, 0.3) is 0 Å². The van der Waals surface area contributed by atoms with Crippen molar-refractivity contribution in [3.63, 3.8) is 0 Å². The summed E-state index contributed by atoms with van der Waals surface area (Å²) in [4.78, 5) is 6.92. The molecule has 1 saturated heterocycles. The van der Waals surface area contributed by atoms with E-state index in [0.717, 1.165) is 22.9 Å². The summed E-state index contributed by atoms with van der Waals surface area (Å²) < 4.78 is 2.41. The molecule has 5 rings (SSSR count). The fourth-order valence-corrected chi connectivity index (χ4v) is 5.24. The van der Waals surface area contributed by atoms with Crippen LogP contribution < -0.4 is 10.2 Å². The van der Waals surface area contributed by atoms with Crippen LogP contribution in [0.3, 0.4) is 0 Å². The lowest BCUT2D eigenvalue weighted by Gasteiger charge is -2.27. The highest BCUT2D eigenvalue weighted by atomic mass is 32.1. The Kier molecular flexibility index (Phi) is 5.30. The second-order valence-corrected chi connectivity index (χ2v) is 8.73. The number of aromatic nitrogens is 2. The first-order chi connectivity index (χ1) is 14.7. The van der Waals surface area contributed by atoms with Crippen molar-refractivity contribution in [1.29, 1.82) is 0 Å². The summed E-state index contributed by atoms with van der Waals surface area (Å²) >= 11 is 5.83. The Labute approximate surface area is 183 Å². The van der Waals surface area contributed by atoms with Crippen LogP contribution >= 0.6 is 12.2 Å². The molecule has 0 radical (unpaired) electrons. The molecular formula is C25H28N4S. The van der Waals surface area contributed by atoms with E-state index in [2.05, 4.69) is 75.5 Å². The average Bonchev–Trinajstić information content (AvgIpc) is 3.54. The number of benzene rings is 1. The molecule has 0 spiro atoms. The van der Waals surface area contributed by atoms with Gasteiger partial charge in [0.2, 0.25) is 0 Å². The number of nitrogens with one attached hydrogen (secondary N) is 1. The number of anilines is 1. The van der Waals surface area contributed by atoms with Crippen LogP contribution in [0.25, 0.3) is 0 Å². The molecule has 1 saturated carbocycles. The Morgan fingerprint density at radius 3 is 2.57 bits per heavy atom. The molecule has 5 heteroatoms. The number of aryl methyl sites for hydroxylation is 1. The Morgan fingerprint density at radius 2 is 1.87 bits per heavy atom. The monoisotopic (exact) mass is 416 g/mol. The van der Waals surface area contributed by atoms with E-state index in [0.29, 0.717) is 6.04 Å². The first-order valence-corrected chi connectivity index (χ1v) is 11.4. The Bertz CT molecular complexity index is 1010. The second-order valence-electron chi connectivity index (χ2n) is 8.35. The van der Waals surface area contributed by atoms with Crippen LogP contribution in [0.15, 0.2) is 67.1 Å². The lowest BCUT2D eigenvalue weighted by Crippen LogP contribution is -2.29. The summed E-state index contributed by atoms with van der Waals surface area (Å²) in [7, 11) is 0. The van der Waals surface area contributed by atoms with Crippen molar-refractivity contribution in [2.45, 2.75) is 57.2 Å². The molecule has 1 aromatic carbocycles. The van der Waals surface area contributed by atoms with Gasteiger partial charge in [-0.1, -0.05) is 38.0 Å². The number of pyridine rings is 1. The molecule has 2 aromatic heterocycles. The third-order valence-electron chi connectivity index (χ3n) is 6.55. The van der Waals surface area contributed by atoms with Gasteiger partial charge in [-0.25, -0.2) is 0 Å². The maximum Gasteiger partial charge on any atom is 0.174 e. The molecule has 0 unspecified atom stereocenters. The topological polar surface area (TPSA) is 33.1 Å². The van der Waals surface area contributed by atoms with Crippen LogP contribution in [-0.2, 0) is 6.42 Å². The lowest BCUT2D eigenvalue weighted by atomic mass is 9.98. The van der Waals surface area contributed by atoms with E-state index in [4.69, 9.17) is 12.2 Å². The molecule has 30 heavy (non-hydrogen) atoms. The van der Waals surface area contributed by atoms with E-state index < -0.39 is 0 Å². The first-order valence-electron chi connectivity index (χ1n) is 11.0. The van der Waals surface area contributed by atoms with Crippen molar-refractivity contribution in [2.24, 2.45) is 0 Å². The van der Waals surface area contributed by atoms with Gasteiger partial charge in [-0.15, -0.1) is 0 Å². The summed E-state index contributed by atoms with van der Waals surface area (Å²) in [6, 6.07) is 17.9. The maximum absolute atomic E-state index is 5.83. The van der Waals surface area contributed by atoms with Gasteiger partial charge < -0.3 is 14.8 Å². The van der Waals surface area contributed by atoms with Crippen LogP contribution in [-0.4, -0.2) is 14.7 Å². The number of hydrogen-bond acceptors (Lipinski definition) is 2. The highest BCUT2D eigenvalue weighted by Gasteiger charge is 2.41. The van der Waals surface area contributed by atoms with Gasteiger partial charge in [-0.05, 0) is 72.9 Å². The predicted molar refractivity (Wildman–Crippen MR) is 126 cm³/mol. The summed E-state index contributed by atoms with van der Waals surface area (Å²) in [5.74, 6) is 0. The van der Waals surface area contributed by atoms with Crippen LogP contribution in [0.2, 0.25) is 0 Å². The molecule has 154 valence electrons. The SMILES string of the molecule is CCc1ccc(N2C(=S)N[C@@H](c3ccccn3)[C@H]2c2ccn(C3CCCC3)c2)cc1. The third-order valence-corrected chi connectivity index (χ3v) is 6.86. The minimum Gasteiger partial charge on any atom is -0.351 e. The quantitative estimate of drug-likeness (QED) is 0.538. The summed E-state index contributed by atoms with van der Waals surface area (Å²) in [5.41, 5.74) is 4.76. The van der Waals surface area contributed by atoms with Crippen molar-refractivity contribution in [1.82, 2.24) is 14.9 Å².